The van der Waals surface area contributed by atoms with Gasteiger partial charge in [0.05, 0.1) is 26.8 Å². The average Bonchev–Trinajstić information content (AvgIpc) is 3.39. The Kier molecular flexibility index (Phi) is 7.83. The van der Waals surface area contributed by atoms with E-state index in [-0.39, 0.29) is 39.4 Å². The Morgan fingerprint density at radius 1 is 1.10 bits per heavy atom. The first-order chi connectivity index (χ1) is 19.4. The lowest BCUT2D eigenvalue weighted by Crippen LogP contribution is -2.42. The molecule has 1 aromatic heterocycles. The number of amides is 2. The molecule has 12 heteroatoms. The van der Waals surface area contributed by atoms with Crippen LogP contribution in [0.25, 0.3) is 11.0 Å². The highest BCUT2D eigenvalue weighted by Crippen LogP contribution is 2.35. The molecular weight excluding hydrogens is 591 g/mol. The lowest BCUT2D eigenvalue weighted by atomic mass is 9.95. The molecule has 5 rings (SSSR count). The van der Waals surface area contributed by atoms with Crippen LogP contribution in [-0.4, -0.2) is 55.1 Å². The van der Waals surface area contributed by atoms with Gasteiger partial charge in [0.25, 0.3) is 11.8 Å². The third-order valence-corrected chi connectivity index (χ3v) is 8.82. The topological polar surface area (TPSA) is 134 Å². The molecule has 4 aromatic rings. The normalized spacial score (nSPS) is 14.0. The summed E-state index contributed by atoms with van der Waals surface area (Å²) in [6.07, 6.45) is 2.81. The maximum atomic E-state index is 13.2. The van der Waals surface area contributed by atoms with E-state index < -0.39 is 27.8 Å². The first-order valence-electron chi connectivity index (χ1n) is 12.5. The van der Waals surface area contributed by atoms with Crippen molar-refractivity contribution in [2.24, 2.45) is 0 Å². The Bertz CT molecular complexity index is 1820. The third kappa shape index (κ3) is 5.95. The lowest BCUT2D eigenvalue weighted by Gasteiger charge is -2.30. The van der Waals surface area contributed by atoms with Crippen molar-refractivity contribution in [3.05, 3.63) is 98.7 Å². The molecule has 0 unspecified atom stereocenters. The van der Waals surface area contributed by atoms with E-state index in [0.717, 1.165) is 11.6 Å². The smallest absolute Gasteiger partial charge is 0.326 e. The summed E-state index contributed by atoms with van der Waals surface area (Å²) in [4.78, 5) is 40.1. The van der Waals surface area contributed by atoms with Crippen LogP contribution < -0.4 is 5.32 Å². The molecule has 0 fully saturated rings. The number of carboxylic acid groups (broad SMARTS) is 1. The second-order valence-electron chi connectivity index (χ2n) is 9.82. The SMILES string of the molecule is CS(=O)(=O)c1cccc(C[C@@H](NC(=O)c2c(Cl)cc3c(c2Cl)CCN(C(=O)c2ccc4ccoc4c2)C3)C(=O)O)c1. The summed E-state index contributed by atoms with van der Waals surface area (Å²) in [5.41, 5.74) is 2.77. The van der Waals surface area contributed by atoms with Gasteiger partial charge in [0.15, 0.2) is 9.84 Å². The van der Waals surface area contributed by atoms with E-state index in [2.05, 4.69) is 5.32 Å². The molecule has 1 atom stereocenters. The van der Waals surface area contributed by atoms with Crippen LogP contribution in [0.3, 0.4) is 0 Å². The number of hydrogen-bond donors (Lipinski definition) is 2. The largest absolute Gasteiger partial charge is 0.480 e. The Hall–Kier alpha value is -3.86. The number of nitrogens with one attached hydrogen (secondary N) is 1. The van der Waals surface area contributed by atoms with Crippen LogP contribution in [0, 0.1) is 0 Å². The molecule has 0 radical (unpaired) electrons. The zero-order valence-electron chi connectivity index (χ0n) is 21.7. The fourth-order valence-corrected chi connectivity index (χ4v) is 6.33. The molecule has 0 saturated heterocycles. The summed E-state index contributed by atoms with van der Waals surface area (Å²) in [7, 11) is -3.50. The molecule has 2 amide bonds. The number of nitrogens with zero attached hydrogens (tertiary/aromatic N) is 1. The Morgan fingerprint density at radius 2 is 1.88 bits per heavy atom. The summed E-state index contributed by atoms with van der Waals surface area (Å²) < 4.78 is 29.2. The van der Waals surface area contributed by atoms with Gasteiger partial charge in [-0.05, 0) is 59.5 Å². The molecule has 9 nitrogen and oxygen atoms in total. The Balaban J connectivity index is 1.35. The van der Waals surface area contributed by atoms with E-state index in [1.807, 2.05) is 12.1 Å². The van der Waals surface area contributed by atoms with Gasteiger partial charge in [-0.25, -0.2) is 13.2 Å². The number of halogens is 2. The third-order valence-electron chi connectivity index (χ3n) is 6.99. The van der Waals surface area contributed by atoms with Crippen molar-refractivity contribution >= 4 is 61.8 Å². The first-order valence-corrected chi connectivity index (χ1v) is 15.2. The van der Waals surface area contributed by atoms with Crippen molar-refractivity contribution in [3.8, 4) is 0 Å². The van der Waals surface area contributed by atoms with Gasteiger partial charge in [0.1, 0.15) is 11.6 Å². The van der Waals surface area contributed by atoms with Crippen LogP contribution in [0.4, 0.5) is 0 Å². The molecule has 0 aliphatic carbocycles. The molecule has 1 aliphatic heterocycles. The van der Waals surface area contributed by atoms with E-state index in [0.29, 0.717) is 40.8 Å². The fourth-order valence-electron chi connectivity index (χ4n) is 4.87. The van der Waals surface area contributed by atoms with E-state index in [1.165, 1.54) is 18.2 Å². The van der Waals surface area contributed by atoms with Crippen molar-refractivity contribution in [1.82, 2.24) is 10.2 Å². The van der Waals surface area contributed by atoms with Crippen LogP contribution in [-0.2, 0) is 34.0 Å². The summed E-state index contributed by atoms with van der Waals surface area (Å²) in [6.45, 7) is 0.568. The van der Waals surface area contributed by atoms with Crippen LogP contribution in [0.1, 0.15) is 37.4 Å². The van der Waals surface area contributed by atoms with Gasteiger partial charge >= 0.3 is 5.97 Å². The van der Waals surface area contributed by atoms with Crippen molar-refractivity contribution < 1.29 is 32.3 Å². The molecule has 2 N–H and O–H groups in total. The van der Waals surface area contributed by atoms with Crippen molar-refractivity contribution in [2.45, 2.75) is 30.3 Å². The predicted molar refractivity (Wildman–Crippen MR) is 153 cm³/mol. The highest BCUT2D eigenvalue weighted by Gasteiger charge is 2.30. The number of carbonyl (C=O) groups excluding carboxylic acids is 2. The minimum Gasteiger partial charge on any atom is -0.480 e. The number of carboxylic acids is 1. The molecule has 1 aliphatic rings. The van der Waals surface area contributed by atoms with Crippen LogP contribution in [0.5, 0.6) is 0 Å². The summed E-state index contributed by atoms with van der Waals surface area (Å²) in [6, 6.07) is 13.1. The highest BCUT2D eigenvalue weighted by molar-refractivity contribution is 7.90. The Labute approximate surface area is 245 Å². The maximum Gasteiger partial charge on any atom is 0.326 e. The van der Waals surface area contributed by atoms with Gasteiger partial charge < -0.3 is 19.7 Å². The van der Waals surface area contributed by atoms with Crippen LogP contribution >= 0.6 is 23.2 Å². The number of sulfone groups is 1. The van der Waals surface area contributed by atoms with Gasteiger partial charge in [0, 0.05) is 36.7 Å². The number of carbonyl (C=O) groups is 3. The Morgan fingerprint density at radius 3 is 2.61 bits per heavy atom. The maximum absolute atomic E-state index is 13.2. The van der Waals surface area contributed by atoms with E-state index in [9.17, 15) is 27.9 Å². The number of benzene rings is 3. The summed E-state index contributed by atoms with van der Waals surface area (Å²) >= 11 is 13.1. The monoisotopic (exact) mass is 614 g/mol. The molecule has 0 spiro atoms. The molecule has 41 heavy (non-hydrogen) atoms. The molecular formula is C29H24Cl2N2O7S. The van der Waals surface area contributed by atoms with E-state index in [4.69, 9.17) is 27.6 Å². The molecule has 212 valence electrons. The van der Waals surface area contributed by atoms with Gasteiger partial charge in [0.2, 0.25) is 0 Å². The minimum atomic E-state index is -3.50. The number of fused-ring (bicyclic) bond motifs is 2. The second kappa shape index (κ2) is 11.2. The minimum absolute atomic E-state index is 0.0146. The average molecular weight is 615 g/mol. The number of rotatable bonds is 7. The second-order valence-corrected chi connectivity index (χ2v) is 12.6. The molecule has 3 aromatic carbocycles. The van der Waals surface area contributed by atoms with Gasteiger partial charge in [-0.15, -0.1) is 0 Å². The van der Waals surface area contributed by atoms with Crippen LogP contribution in [0.2, 0.25) is 10.0 Å². The first kappa shape index (κ1) is 28.7. The van der Waals surface area contributed by atoms with Crippen molar-refractivity contribution in [1.29, 1.82) is 0 Å². The zero-order valence-corrected chi connectivity index (χ0v) is 24.0. The van der Waals surface area contributed by atoms with Gasteiger partial charge in [-0.3, -0.25) is 9.59 Å². The molecule has 0 bridgehead atoms. The number of hydrogen-bond acceptors (Lipinski definition) is 6. The summed E-state index contributed by atoms with van der Waals surface area (Å²) in [5, 5.41) is 13.2. The lowest BCUT2D eigenvalue weighted by molar-refractivity contribution is -0.139. The molecule has 2 heterocycles. The van der Waals surface area contributed by atoms with Crippen molar-refractivity contribution in [3.63, 3.8) is 0 Å². The number of furan rings is 1. The predicted octanol–water partition coefficient (Wildman–Crippen LogP) is 4.77. The van der Waals surface area contributed by atoms with E-state index >= 15 is 0 Å². The summed E-state index contributed by atoms with van der Waals surface area (Å²) in [5.74, 6) is -2.28. The molecule has 0 saturated carbocycles. The quantitative estimate of drug-likeness (QED) is 0.306. The standard InChI is InChI=1S/C29H24Cl2N2O7S/c1-41(38,39)20-4-2-3-16(11-20)12-23(29(36)37)32-27(34)25-22(30)13-19-15-33(9-7-21(19)26(25)31)28(35)18-6-5-17-8-10-40-24(17)14-18/h2-6,8,10-11,13-14,23H,7,9,12,15H2,1H3,(H,32,34)(H,36,37)/t23-/m1/s1. The fraction of sp³-hybridized carbons (Fsp3) is 0.207. The van der Waals surface area contributed by atoms with Crippen molar-refractivity contribution in [2.75, 3.05) is 12.8 Å². The van der Waals surface area contributed by atoms with E-state index in [1.54, 1.807) is 35.4 Å². The zero-order chi connectivity index (χ0) is 29.5. The van der Waals surface area contributed by atoms with Gasteiger partial charge in [-0.2, -0.15) is 0 Å². The highest BCUT2D eigenvalue weighted by atomic mass is 35.5. The van der Waals surface area contributed by atoms with Gasteiger partial charge in [-0.1, -0.05) is 41.4 Å². The van der Waals surface area contributed by atoms with Crippen LogP contribution in [0.15, 0.2) is 70.2 Å². The number of aliphatic carboxylic acids is 1.